The zero-order valence-electron chi connectivity index (χ0n) is 11.8. The van der Waals surface area contributed by atoms with Crippen molar-refractivity contribution < 1.29 is 14.3 Å². The summed E-state index contributed by atoms with van der Waals surface area (Å²) in [5.41, 5.74) is 6.64. The Balaban J connectivity index is 0.00000220. The normalized spacial score (nSPS) is 18.5. The van der Waals surface area contributed by atoms with Gasteiger partial charge in [0, 0.05) is 12.7 Å². The van der Waals surface area contributed by atoms with Gasteiger partial charge < -0.3 is 20.5 Å². The molecule has 1 aliphatic rings. The van der Waals surface area contributed by atoms with Gasteiger partial charge in [0.1, 0.15) is 11.8 Å². The number of para-hydroxylation sites is 1. The van der Waals surface area contributed by atoms with Crippen LogP contribution in [0.2, 0.25) is 5.02 Å². The molecule has 21 heavy (non-hydrogen) atoms. The number of fused-ring (bicyclic) bond motifs is 1. The highest BCUT2D eigenvalue weighted by atomic mass is 35.5. The molecule has 1 heterocycles. The summed E-state index contributed by atoms with van der Waals surface area (Å²) in [5.74, 6) is 0.418. The van der Waals surface area contributed by atoms with E-state index in [1.165, 1.54) is 7.11 Å². The first-order chi connectivity index (χ1) is 9.63. The molecule has 5 nitrogen and oxygen atoms in total. The largest absolute Gasteiger partial charge is 0.492 e. The Hall–Kier alpha value is -1.01. The standard InChI is InChI=1S/C14H19ClN2O3.ClH/c1-19-8-11(16)14(18)17-12-6-3-7-20-13-9(12)4-2-5-10(13)15;/h2,4-5,11-12H,3,6-8,16H2,1H3,(H,17,18);1H. The van der Waals surface area contributed by atoms with Gasteiger partial charge in [-0.2, -0.15) is 0 Å². The average molecular weight is 335 g/mol. The molecule has 2 atom stereocenters. The number of rotatable bonds is 4. The zero-order chi connectivity index (χ0) is 14.5. The van der Waals surface area contributed by atoms with E-state index >= 15 is 0 Å². The van der Waals surface area contributed by atoms with Gasteiger partial charge in [-0.05, 0) is 18.9 Å². The van der Waals surface area contributed by atoms with Crippen LogP contribution in [0.5, 0.6) is 5.75 Å². The van der Waals surface area contributed by atoms with Gasteiger partial charge in [-0.15, -0.1) is 12.4 Å². The van der Waals surface area contributed by atoms with Crippen molar-refractivity contribution in [1.82, 2.24) is 5.32 Å². The highest BCUT2D eigenvalue weighted by Gasteiger charge is 2.25. The number of nitrogens with two attached hydrogens (primary N) is 1. The average Bonchev–Trinajstić information content (AvgIpc) is 2.63. The van der Waals surface area contributed by atoms with Crippen LogP contribution in [0.4, 0.5) is 0 Å². The van der Waals surface area contributed by atoms with E-state index in [4.69, 9.17) is 26.8 Å². The highest BCUT2D eigenvalue weighted by molar-refractivity contribution is 6.32. The monoisotopic (exact) mass is 334 g/mol. The van der Waals surface area contributed by atoms with Gasteiger partial charge in [0.25, 0.3) is 0 Å². The van der Waals surface area contributed by atoms with Gasteiger partial charge >= 0.3 is 0 Å². The number of amides is 1. The van der Waals surface area contributed by atoms with E-state index in [0.717, 1.165) is 18.4 Å². The lowest BCUT2D eigenvalue weighted by molar-refractivity contribution is -0.124. The number of carbonyl (C=O) groups excluding carboxylic acids is 1. The molecule has 0 radical (unpaired) electrons. The fourth-order valence-corrected chi connectivity index (χ4v) is 2.49. The van der Waals surface area contributed by atoms with Gasteiger partial charge in [-0.3, -0.25) is 4.79 Å². The predicted octanol–water partition coefficient (Wildman–Crippen LogP) is 2.07. The predicted molar refractivity (Wildman–Crippen MR) is 84.2 cm³/mol. The third kappa shape index (κ3) is 4.48. The van der Waals surface area contributed by atoms with Crippen LogP contribution < -0.4 is 15.8 Å². The Labute approximate surface area is 135 Å². The maximum absolute atomic E-state index is 12.0. The van der Waals surface area contributed by atoms with E-state index in [2.05, 4.69) is 5.32 Å². The zero-order valence-corrected chi connectivity index (χ0v) is 13.4. The maximum atomic E-state index is 12.0. The number of carbonyl (C=O) groups is 1. The number of hydrogen-bond donors (Lipinski definition) is 2. The molecular weight excluding hydrogens is 315 g/mol. The van der Waals surface area contributed by atoms with E-state index in [-0.39, 0.29) is 31.0 Å². The first kappa shape index (κ1) is 18.0. The van der Waals surface area contributed by atoms with E-state index in [1.54, 1.807) is 6.07 Å². The Kier molecular flexibility index (Phi) is 7.25. The van der Waals surface area contributed by atoms with Gasteiger partial charge in [0.05, 0.1) is 24.3 Å². The molecule has 0 spiro atoms. The lowest BCUT2D eigenvalue weighted by Gasteiger charge is -2.21. The molecule has 2 rings (SSSR count). The van der Waals surface area contributed by atoms with Gasteiger partial charge in [-0.1, -0.05) is 23.7 Å². The third-order valence-electron chi connectivity index (χ3n) is 3.26. The Morgan fingerprint density at radius 2 is 2.38 bits per heavy atom. The molecule has 1 aromatic rings. The van der Waals surface area contributed by atoms with Crippen LogP contribution in [0, 0.1) is 0 Å². The minimum absolute atomic E-state index is 0. The summed E-state index contributed by atoms with van der Waals surface area (Å²) >= 11 is 6.15. The Morgan fingerprint density at radius 3 is 3.10 bits per heavy atom. The van der Waals surface area contributed by atoms with Crippen LogP contribution in [-0.4, -0.2) is 32.3 Å². The molecule has 7 heteroatoms. The smallest absolute Gasteiger partial charge is 0.239 e. The molecule has 118 valence electrons. The molecule has 2 unspecified atom stereocenters. The van der Waals surface area contributed by atoms with Crippen molar-refractivity contribution in [1.29, 1.82) is 0 Å². The molecule has 0 saturated carbocycles. The second-order valence-electron chi connectivity index (χ2n) is 4.77. The maximum Gasteiger partial charge on any atom is 0.239 e. The van der Waals surface area contributed by atoms with Gasteiger partial charge in [-0.25, -0.2) is 0 Å². The van der Waals surface area contributed by atoms with Crippen LogP contribution >= 0.6 is 24.0 Å². The summed E-state index contributed by atoms with van der Waals surface area (Å²) < 4.78 is 10.6. The highest BCUT2D eigenvalue weighted by Crippen LogP contribution is 2.36. The van der Waals surface area contributed by atoms with Gasteiger partial charge in [0.2, 0.25) is 5.91 Å². The van der Waals surface area contributed by atoms with Crippen molar-refractivity contribution >= 4 is 29.9 Å². The number of methoxy groups -OCH3 is 1. The lowest BCUT2D eigenvalue weighted by atomic mass is 10.0. The summed E-state index contributed by atoms with van der Waals surface area (Å²) in [4.78, 5) is 12.0. The SMILES string of the molecule is COCC(N)C(=O)NC1CCCOc2c(Cl)cccc21.Cl. The molecule has 0 fully saturated rings. The number of hydrogen-bond acceptors (Lipinski definition) is 4. The van der Waals surface area contributed by atoms with Crippen LogP contribution in [-0.2, 0) is 9.53 Å². The van der Waals surface area contributed by atoms with Crippen molar-refractivity contribution in [3.63, 3.8) is 0 Å². The number of benzene rings is 1. The van der Waals surface area contributed by atoms with E-state index in [9.17, 15) is 4.79 Å². The van der Waals surface area contributed by atoms with Gasteiger partial charge in [0.15, 0.2) is 0 Å². The molecule has 0 aliphatic carbocycles. The lowest BCUT2D eigenvalue weighted by Crippen LogP contribution is -2.44. The second-order valence-corrected chi connectivity index (χ2v) is 5.18. The Morgan fingerprint density at radius 1 is 1.62 bits per heavy atom. The van der Waals surface area contributed by atoms with Crippen molar-refractivity contribution in [2.45, 2.75) is 24.9 Å². The molecule has 1 aliphatic heterocycles. The van der Waals surface area contributed by atoms with Crippen LogP contribution in [0.15, 0.2) is 18.2 Å². The molecule has 1 aromatic carbocycles. The summed E-state index contributed by atoms with van der Waals surface area (Å²) in [5, 5.41) is 3.50. The van der Waals surface area contributed by atoms with E-state index in [1.807, 2.05) is 12.1 Å². The number of ether oxygens (including phenoxy) is 2. The summed E-state index contributed by atoms with van der Waals surface area (Å²) in [6.45, 7) is 0.782. The fourth-order valence-electron chi connectivity index (χ4n) is 2.25. The topological polar surface area (TPSA) is 73.6 Å². The van der Waals surface area contributed by atoms with Crippen LogP contribution in [0.1, 0.15) is 24.4 Å². The number of nitrogens with one attached hydrogen (secondary N) is 1. The first-order valence-electron chi connectivity index (χ1n) is 6.59. The molecular formula is C14H20Cl2N2O3. The fraction of sp³-hybridized carbons (Fsp3) is 0.500. The van der Waals surface area contributed by atoms with E-state index in [0.29, 0.717) is 17.4 Å². The summed E-state index contributed by atoms with van der Waals surface area (Å²) in [7, 11) is 1.52. The van der Waals surface area contributed by atoms with Crippen molar-refractivity contribution in [3.05, 3.63) is 28.8 Å². The molecule has 0 bridgehead atoms. The minimum Gasteiger partial charge on any atom is -0.492 e. The quantitative estimate of drug-likeness (QED) is 0.883. The summed E-state index contributed by atoms with van der Waals surface area (Å²) in [6.07, 6.45) is 1.63. The van der Waals surface area contributed by atoms with Crippen molar-refractivity contribution in [2.75, 3.05) is 20.3 Å². The third-order valence-corrected chi connectivity index (χ3v) is 3.55. The molecule has 0 saturated heterocycles. The minimum atomic E-state index is -0.674. The van der Waals surface area contributed by atoms with E-state index < -0.39 is 6.04 Å². The molecule has 1 amide bonds. The van der Waals surface area contributed by atoms with Crippen molar-refractivity contribution in [2.24, 2.45) is 5.73 Å². The number of halogens is 2. The Bertz CT molecular complexity index is 485. The molecule has 3 N–H and O–H groups in total. The molecule has 0 aromatic heterocycles. The first-order valence-corrected chi connectivity index (χ1v) is 6.97. The summed E-state index contributed by atoms with van der Waals surface area (Å²) in [6, 6.07) is 4.73. The van der Waals surface area contributed by atoms with Crippen LogP contribution in [0.25, 0.3) is 0 Å². The van der Waals surface area contributed by atoms with Crippen molar-refractivity contribution in [3.8, 4) is 5.75 Å². The second kappa shape index (κ2) is 8.44. The van der Waals surface area contributed by atoms with Crippen LogP contribution in [0.3, 0.4) is 0 Å².